The van der Waals surface area contributed by atoms with E-state index in [4.69, 9.17) is 9.47 Å². The number of methoxy groups -OCH3 is 1. The zero-order valence-electron chi connectivity index (χ0n) is 13.2. The maximum atomic E-state index is 5.58. The molecule has 1 N–H and O–H groups in total. The van der Waals surface area contributed by atoms with Gasteiger partial charge in [-0.3, -0.25) is 0 Å². The number of hydrogen-bond donors (Lipinski definition) is 1. The Morgan fingerprint density at radius 3 is 2.90 bits per heavy atom. The van der Waals surface area contributed by atoms with Crippen molar-refractivity contribution in [2.24, 2.45) is 5.92 Å². The van der Waals surface area contributed by atoms with Crippen LogP contribution in [-0.4, -0.2) is 19.8 Å². The van der Waals surface area contributed by atoms with Crippen molar-refractivity contribution >= 4 is 0 Å². The molecule has 0 saturated heterocycles. The molecule has 1 saturated carbocycles. The molecule has 116 valence electrons. The van der Waals surface area contributed by atoms with E-state index in [9.17, 15) is 0 Å². The van der Waals surface area contributed by atoms with Crippen LogP contribution in [0.2, 0.25) is 0 Å². The molecule has 1 aromatic rings. The second-order valence-electron chi connectivity index (χ2n) is 5.93. The Hall–Kier alpha value is -1.48. The van der Waals surface area contributed by atoms with Gasteiger partial charge in [0.1, 0.15) is 6.61 Å². The number of ether oxygens (including phenoxy) is 2. The van der Waals surface area contributed by atoms with Gasteiger partial charge in [0, 0.05) is 12.6 Å². The van der Waals surface area contributed by atoms with Crippen molar-refractivity contribution in [2.45, 2.75) is 45.2 Å². The molecule has 2 atom stereocenters. The average molecular weight is 289 g/mol. The summed E-state index contributed by atoms with van der Waals surface area (Å²) in [6.07, 6.45) is 7.04. The monoisotopic (exact) mass is 289 g/mol. The Labute approximate surface area is 128 Å². The Morgan fingerprint density at radius 1 is 1.33 bits per heavy atom. The molecule has 1 fully saturated rings. The molecular weight excluding hydrogens is 262 g/mol. The van der Waals surface area contributed by atoms with Crippen LogP contribution in [-0.2, 0) is 6.54 Å². The van der Waals surface area contributed by atoms with Crippen LogP contribution in [0.5, 0.6) is 11.5 Å². The number of rotatable bonds is 7. The van der Waals surface area contributed by atoms with Gasteiger partial charge in [0.25, 0.3) is 0 Å². The fourth-order valence-corrected chi connectivity index (χ4v) is 2.97. The molecule has 0 amide bonds. The fourth-order valence-electron chi connectivity index (χ4n) is 2.97. The van der Waals surface area contributed by atoms with Gasteiger partial charge in [0.05, 0.1) is 7.11 Å². The van der Waals surface area contributed by atoms with E-state index in [2.05, 4.69) is 31.0 Å². The van der Waals surface area contributed by atoms with E-state index >= 15 is 0 Å². The van der Waals surface area contributed by atoms with Crippen molar-refractivity contribution in [3.8, 4) is 11.5 Å². The van der Waals surface area contributed by atoms with Crippen LogP contribution in [0.1, 0.15) is 38.2 Å². The predicted molar refractivity (Wildman–Crippen MR) is 86.9 cm³/mol. The lowest BCUT2D eigenvalue weighted by atomic mass is 9.87. The number of hydrogen-bond acceptors (Lipinski definition) is 3. The molecule has 2 unspecified atom stereocenters. The first kappa shape index (κ1) is 15.9. The summed E-state index contributed by atoms with van der Waals surface area (Å²) in [6.45, 7) is 7.39. The predicted octanol–water partition coefficient (Wildman–Crippen LogP) is 3.93. The molecule has 21 heavy (non-hydrogen) atoms. The highest BCUT2D eigenvalue weighted by Crippen LogP contribution is 2.28. The first-order valence-corrected chi connectivity index (χ1v) is 7.87. The third-order valence-electron chi connectivity index (χ3n) is 4.12. The summed E-state index contributed by atoms with van der Waals surface area (Å²) in [5.41, 5.74) is 1.23. The summed E-state index contributed by atoms with van der Waals surface area (Å²) < 4.78 is 11.0. The van der Waals surface area contributed by atoms with E-state index < -0.39 is 0 Å². The summed E-state index contributed by atoms with van der Waals surface area (Å²) in [6, 6.07) is 6.78. The van der Waals surface area contributed by atoms with Crippen LogP contribution in [0.15, 0.2) is 30.9 Å². The molecule has 1 aliphatic carbocycles. The molecule has 0 aliphatic heterocycles. The van der Waals surface area contributed by atoms with Gasteiger partial charge < -0.3 is 14.8 Å². The quantitative estimate of drug-likeness (QED) is 0.772. The van der Waals surface area contributed by atoms with Crippen molar-refractivity contribution in [2.75, 3.05) is 13.7 Å². The van der Waals surface area contributed by atoms with Gasteiger partial charge in [0.2, 0.25) is 0 Å². The largest absolute Gasteiger partial charge is 0.493 e. The van der Waals surface area contributed by atoms with E-state index in [1.165, 1.54) is 31.2 Å². The Balaban J connectivity index is 1.92. The molecule has 3 nitrogen and oxygen atoms in total. The first-order chi connectivity index (χ1) is 10.2. The van der Waals surface area contributed by atoms with Crippen molar-refractivity contribution in [3.05, 3.63) is 36.4 Å². The van der Waals surface area contributed by atoms with E-state index in [1.54, 1.807) is 13.2 Å². The standard InChI is InChI=1S/C18H27NO2/c1-4-10-21-17-9-8-15(12-18(17)20-3)13-19-16-7-5-6-14(2)11-16/h4,8-9,12,14,16,19H,1,5-7,10-11,13H2,2-3H3. The van der Waals surface area contributed by atoms with Crippen molar-refractivity contribution in [1.82, 2.24) is 5.32 Å². The Bertz CT molecular complexity index is 459. The minimum Gasteiger partial charge on any atom is -0.493 e. The fraction of sp³-hybridized carbons (Fsp3) is 0.556. The van der Waals surface area contributed by atoms with Gasteiger partial charge in [-0.05, 0) is 36.5 Å². The van der Waals surface area contributed by atoms with Crippen molar-refractivity contribution in [3.63, 3.8) is 0 Å². The van der Waals surface area contributed by atoms with Crippen molar-refractivity contribution in [1.29, 1.82) is 0 Å². The van der Waals surface area contributed by atoms with E-state index in [-0.39, 0.29) is 0 Å². The molecule has 0 radical (unpaired) electrons. The second kappa shape index (κ2) is 8.08. The van der Waals surface area contributed by atoms with Crippen LogP contribution < -0.4 is 14.8 Å². The molecule has 3 heteroatoms. The molecule has 0 bridgehead atoms. The van der Waals surface area contributed by atoms with Gasteiger partial charge in [-0.15, -0.1) is 0 Å². The lowest BCUT2D eigenvalue weighted by Gasteiger charge is -2.27. The number of nitrogens with one attached hydrogen (secondary N) is 1. The summed E-state index contributed by atoms with van der Waals surface area (Å²) in [5.74, 6) is 2.40. The zero-order chi connectivity index (χ0) is 15.1. The highest BCUT2D eigenvalue weighted by atomic mass is 16.5. The van der Waals surface area contributed by atoms with Gasteiger partial charge in [-0.1, -0.05) is 38.5 Å². The molecule has 0 spiro atoms. The van der Waals surface area contributed by atoms with Crippen LogP contribution >= 0.6 is 0 Å². The topological polar surface area (TPSA) is 30.5 Å². The highest BCUT2D eigenvalue weighted by Gasteiger charge is 2.18. The van der Waals surface area contributed by atoms with Gasteiger partial charge >= 0.3 is 0 Å². The van der Waals surface area contributed by atoms with Gasteiger partial charge in [0.15, 0.2) is 11.5 Å². The SMILES string of the molecule is C=CCOc1ccc(CNC2CCCC(C)C2)cc1OC. The molecule has 0 heterocycles. The maximum Gasteiger partial charge on any atom is 0.161 e. The maximum absolute atomic E-state index is 5.58. The Kier molecular flexibility index (Phi) is 6.12. The molecular formula is C18H27NO2. The van der Waals surface area contributed by atoms with Crippen molar-refractivity contribution < 1.29 is 9.47 Å². The second-order valence-corrected chi connectivity index (χ2v) is 5.93. The summed E-state index contributed by atoms with van der Waals surface area (Å²) >= 11 is 0. The summed E-state index contributed by atoms with van der Waals surface area (Å²) in [4.78, 5) is 0. The minimum absolute atomic E-state index is 0.494. The van der Waals surface area contributed by atoms with Gasteiger partial charge in [-0.25, -0.2) is 0 Å². The average Bonchev–Trinajstić information content (AvgIpc) is 2.51. The summed E-state index contributed by atoms with van der Waals surface area (Å²) in [7, 11) is 1.68. The van der Waals surface area contributed by atoms with Crippen LogP contribution in [0.3, 0.4) is 0 Å². The van der Waals surface area contributed by atoms with Crippen LogP contribution in [0.4, 0.5) is 0 Å². The highest BCUT2D eigenvalue weighted by molar-refractivity contribution is 5.43. The Morgan fingerprint density at radius 2 is 2.19 bits per heavy atom. The normalized spacial score (nSPS) is 21.8. The van der Waals surface area contributed by atoms with E-state index in [0.717, 1.165) is 24.0 Å². The molecule has 1 aromatic carbocycles. The third kappa shape index (κ3) is 4.78. The molecule has 1 aliphatic rings. The van der Waals surface area contributed by atoms with Crippen LogP contribution in [0, 0.1) is 5.92 Å². The number of benzene rings is 1. The lowest BCUT2D eigenvalue weighted by Crippen LogP contribution is -2.33. The smallest absolute Gasteiger partial charge is 0.161 e. The van der Waals surface area contributed by atoms with E-state index in [1.807, 2.05) is 6.07 Å². The van der Waals surface area contributed by atoms with E-state index in [0.29, 0.717) is 12.6 Å². The third-order valence-corrected chi connectivity index (χ3v) is 4.12. The minimum atomic E-state index is 0.494. The lowest BCUT2D eigenvalue weighted by molar-refractivity contribution is 0.300. The molecule has 0 aromatic heterocycles. The first-order valence-electron chi connectivity index (χ1n) is 7.87. The van der Waals surface area contributed by atoms with Gasteiger partial charge in [-0.2, -0.15) is 0 Å². The zero-order valence-corrected chi connectivity index (χ0v) is 13.2. The van der Waals surface area contributed by atoms with Crippen LogP contribution in [0.25, 0.3) is 0 Å². The molecule has 2 rings (SSSR count). The summed E-state index contributed by atoms with van der Waals surface area (Å²) in [5, 5.41) is 3.67.